The van der Waals surface area contributed by atoms with Gasteiger partial charge in [-0.25, -0.2) is 0 Å². The molecule has 3 nitrogen and oxygen atoms in total. The molecule has 0 aromatic rings. The van der Waals surface area contributed by atoms with Gasteiger partial charge in [0, 0.05) is 18.5 Å². The summed E-state index contributed by atoms with van der Waals surface area (Å²) in [5.74, 6) is 2.38. The lowest BCUT2D eigenvalue weighted by atomic mass is 9.88. The monoisotopic (exact) mass is 254 g/mol. The molecule has 0 saturated heterocycles. The largest absolute Gasteiger partial charge is 0.501 e. The van der Waals surface area contributed by atoms with Gasteiger partial charge in [-0.2, -0.15) is 0 Å². The van der Waals surface area contributed by atoms with Crippen molar-refractivity contribution in [2.24, 2.45) is 11.8 Å². The Balaban J connectivity index is 2.69. The summed E-state index contributed by atoms with van der Waals surface area (Å²) < 4.78 is 5.62. The highest BCUT2D eigenvalue weighted by Crippen LogP contribution is 2.33. The summed E-state index contributed by atoms with van der Waals surface area (Å²) in [7, 11) is 1.81. The van der Waals surface area contributed by atoms with Crippen molar-refractivity contribution >= 4 is 0 Å². The first-order valence-corrected chi connectivity index (χ1v) is 7.23. The standard InChI is InChI=1S/C15H30N2O/c1-10(2)15-12(5)9-13(17-16-11(3)4)7-8-14(15)18-6/h10-13,16-17H,7-9H2,1-6H3/t12-,13+/m0/s1. The van der Waals surface area contributed by atoms with Crippen LogP contribution in [0.3, 0.4) is 0 Å². The molecule has 2 N–H and O–H groups in total. The molecule has 0 bridgehead atoms. The molecule has 1 aliphatic rings. The molecule has 0 heterocycles. The maximum atomic E-state index is 5.62. The Hall–Kier alpha value is -0.540. The minimum Gasteiger partial charge on any atom is -0.501 e. The third-order valence-corrected chi connectivity index (χ3v) is 3.66. The van der Waals surface area contributed by atoms with Crippen LogP contribution in [0.5, 0.6) is 0 Å². The van der Waals surface area contributed by atoms with Crippen LogP contribution in [0.25, 0.3) is 0 Å². The van der Waals surface area contributed by atoms with E-state index in [0.717, 1.165) is 12.8 Å². The number of methoxy groups -OCH3 is 1. The number of hydrogen-bond acceptors (Lipinski definition) is 3. The maximum absolute atomic E-state index is 5.62. The van der Waals surface area contributed by atoms with Crippen LogP contribution in [-0.4, -0.2) is 19.2 Å². The van der Waals surface area contributed by atoms with Crippen molar-refractivity contribution in [2.75, 3.05) is 7.11 Å². The van der Waals surface area contributed by atoms with Crippen LogP contribution in [-0.2, 0) is 4.74 Å². The van der Waals surface area contributed by atoms with Gasteiger partial charge in [0.1, 0.15) is 0 Å². The van der Waals surface area contributed by atoms with Crippen LogP contribution in [0.2, 0.25) is 0 Å². The van der Waals surface area contributed by atoms with Gasteiger partial charge >= 0.3 is 0 Å². The van der Waals surface area contributed by atoms with Gasteiger partial charge in [0.05, 0.1) is 12.9 Å². The van der Waals surface area contributed by atoms with Gasteiger partial charge in [-0.3, -0.25) is 10.9 Å². The summed E-state index contributed by atoms with van der Waals surface area (Å²) in [6.07, 6.45) is 3.37. The first kappa shape index (κ1) is 15.5. The Labute approximate surface area is 112 Å². The Morgan fingerprint density at radius 1 is 1.22 bits per heavy atom. The van der Waals surface area contributed by atoms with Crippen LogP contribution >= 0.6 is 0 Å². The smallest absolute Gasteiger partial charge is 0.0953 e. The number of allylic oxidation sites excluding steroid dienone is 2. The van der Waals surface area contributed by atoms with E-state index >= 15 is 0 Å². The van der Waals surface area contributed by atoms with Crippen LogP contribution in [0.15, 0.2) is 11.3 Å². The van der Waals surface area contributed by atoms with Gasteiger partial charge in [0.25, 0.3) is 0 Å². The molecule has 0 aromatic carbocycles. The minimum atomic E-state index is 0.475. The SMILES string of the molecule is COC1=C(C(C)C)[C@@H](C)C[C@H](NNC(C)C)CC1. The Kier molecular flexibility index (Phi) is 6.16. The van der Waals surface area contributed by atoms with E-state index in [2.05, 4.69) is 45.5 Å². The second-order valence-corrected chi connectivity index (χ2v) is 6.05. The average Bonchev–Trinajstić information content (AvgIpc) is 2.44. The second kappa shape index (κ2) is 7.15. The van der Waals surface area contributed by atoms with Gasteiger partial charge in [0.15, 0.2) is 0 Å². The van der Waals surface area contributed by atoms with E-state index < -0.39 is 0 Å². The molecule has 0 radical (unpaired) electrons. The lowest BCUT2D eigenvalue weighted by Crippen LogP contribution is -2.44. The molecule has 1 aliphatic carbocycles. The van der Waals surface area contributed by atoms with E-state index in [9.17, 15) is 0 Å². The molecule has 0 aromatic heterocycles. The van der Waals surface area contributed by atoms with Crippen LogP contribution in [0.1, 0.15) is 53.9 Å². The van der Waals surface area contributed by atoms with Gasteiger partial charge in [-0.05, 0) is 44.1 Å². The number of rotatable bonds is 5. The lowest BCUT2D eigenvalue weighted by molar-refractivity contribution is 0.262. The number of hydrazine groups is 1. The van der Waals surface area contributed by atoms with E-state index in [4.69, 9.17) is 4.74 Å². The quantitative estimate of drug-likeness (QED) is 0.739. The van der Waals surface area contributed by atoms with Gasteiger partial charge in [-0.1, -0.05) is 20.8 Å². The fraction of sp³-hybridized carbons (Fsp3) is 0.867. The molecule has 2 atom stereocenters. The average molecular weight is 254 g/mol. The second-order valence-electron chi connectivity index (χ2n) is 6.05. The minimum absolute atomic E-state index is 0.475. The number of ether oxygens (including phenoxy) is 1. The van der Waals surface area contributed by atoms with Gasteiger partial charge in [0.2, 0.25) is 0 Å². The molecule has 1 rings (SSSR count). The van der Waals surface area contributed by atoms with Crippen molar-refractivity contribution in [1.29, 1.82) is 0 Å². The predicted molar refractivity (Wildman–Crippen MR) is 77.1 cm³/mol. The molecular formula is C15H30N2O. The highest BCUT2D eigenvalue weighted by atomic mass is 16.5. The molecule has 3 heteroatoms. The molecule has 0 fully saturated rings. The van der Waals surface area contributed by atoms with E-state index in [1.165, 1.54) is 17.8 Å². The van der Waals surface area contributed by atoms with E-state index in [1.807, 2.05) is 7.11 Å². The molecular weight excluding hydrogens is 224 g/mol. The van der Waals surface area contributed by atoms with Crippen LogP contribution in [0.4, 0.5) is 0 Å². The number of hydrogen-bond donors (Lipinski definition) is 2. The lowest BCUT2D eigenvalue weighted by Gasteiger charge is -2.24. The van der Waals surface area contributed by atoms with E-state index in [1.54, 1.807) is 0 Å². The predicted octanol–water partition coefficient (Wildman–Crippen LogP) is 3.23. The summed E-state index contributed by atoms with van der Waals surface area (Å²) in [5.41, 5.74) is 8.30. The van der Waals surface area contributed by atoms with Crippen LogP contribution < -0.4 is 10.9 Å². The van der Waals surface area contributed by atoms with Gasteiger partial charge < -0.3 is 4.74 Å². The van der Waals surface area contributed by atoms with E-state index in [0.29, 0.717) is 23.9 Å². The Bertz CT molecular complexity index is 284. The first-order valence-electron chi connectivity index (χ1n) is 7.23. The van der Waals surface area contributed by atoms with E-state index in [-0.39, 0.29) is 0 Å². The van der Waals surface area contributed by atoms with Crippen molar-refractivity contribution in [1.82, 2.24) is 10.9 Å². The normalized spacial score (nSPS) is 25.8. The molecule has 18 heavy (non-hydrogen) atoms. The summed E-state index contributed by atoms with van der Waals surface area (Å²) in [5, 5.41) is 0. The maximum Gasteiger partial charge on any atom is 0.0953 e. The zero-order chi connectivity index (χ0) is 13.7. The third-order valence-electron chi connectivity index (χ3n) is 3.66. The molecule has 106 valence electrons. The first-order chi connectivity index (χ1) is 8.45. The van der Waals surface area contributed by atoms with Crippen molar-refractivity contribution in [3.8, 4) is 0 Å². The number of nitrogens with one attached hydrogen (secondary N) is 2. The Morgan fingerprint density at radius 2 is 1.89 bits per heavy atom. The van der Waals surface area contributed by atoms with Crippen molar-refractivity contribution < 1.29 is 4.74 Å². The van der Waals surface area contributed by atoms with Crippen molar-refractivity contribution in [3.05, 3.63) is 11.3 Å². The molecule has 0 amide bonds. The fourth-order valence-electron chi connectivity index (χ4n) is 2.92. The van der Waals surface area contributed by atoms with Crippen molar-refractivity contribution in [3.63, 3.8) is 0 Å². The molecule has 0 spiro atoms. The highest BCUT2D eigenvalue weighted by molar-refractivity contribution is 5.16. The van der Waals surface area contributed by atoms with Crippen LogP contribution in [0, 0.1) is 11.8 Å². The highest BCUT2D eigenvalue weighted by Gasteiger charge is 2.26. The zero-order valence-electron chi connectivity index (χ0n) is 12.8. The summed E-state index contributed by atoms with van der Waals surface area (Å²) in [4.78, 5) is 0. The van der Waals surface area contributed by atoms with Gasteiger partial charge in [-0.15, -0.1) is 0 Å². The summed E-state index contributed by atoms with van der Waals surface area (Å²) in [6.45, 7) is 11.2. The Morgan fingerprint density at radius 3 is 2.39 bits per heavy atom. The summed E-state index contributed by atoms with van der Waals surface area (Å²) >= 11 is 0. The molecule has 0 aliphatic heterocycles. The molecule has 0 unspecified atom stereocenters. The zero-order valence-corrected chi connectivity index (χ0v) is 12.8. The molecule has 0 saturated carbocycles. The topological polar surface area (TPSA) is 33.3 Å². The fourth-order valence-corrected chi connectivity index (χ4v) is 2.92. The summed E-state index contributed by atoms with van der Waals surface area (Å²) in [6, 6.07) is 1.01. The third kappa shape index (κ3) is 4.29. The van der Waals surface area contributed by atoms with Crippen molar-refractivity contribution in [2.45, 2.75) is 66.0 Å².